The number of carboxylic acids is 2. The molecular formula is C13H18ClFN2O4. The largest absolute Gasteiger partial charge is 0.481 e. The molecule has 0 saturated heterocycles. The van der Waals surface area contributed by atoms with Gasteiger partial charge in [0.2, 0.25) is 0 Å². The molecule has 0 amide bonds. The van der Waals surface area contributed by atoms with E-state index >= 15 is 0 Å². The summed E-state index contributed by atoms with van der Waals surface area (Å²) in [4.78, 5) is 19.6. The molecule has 1 aromatic rings. The van der Waals surface area contributed by atoms with Gasteiger partial charge in [0.15, 0.2) is 0 Å². The number of hydrogen-bond acceptors (Lipinski definition) is 4. The van der Waals surface area contributed by atoms with Crippen molar-refractivity contribution in [2.45, 2.75) is 31.8 Å². The van der Waals surface area contributed by atoms with Crippen LogP contribution in [0.3, 0.4) is 0 Å². The zero-order valence-electron chi connectivity index (χ0n) is 11.4. The highest BCUT2D eigenvalue weighted by Crippen LogP contribution is 2.20. The van der Waals surface area contributed by atoms with Crippen molar-refractivity contribution in [1.82, 2.24) is 0 Å². The Morgan fingerprint density at radius 2 is 1.90 bits per heavy atom. The van der Waals surface area contributed by atoms with Gasteiger partial charge in [-0.2, -0.15) is 0 Å². The quantitative estimate of drug-likeness (QED) is 0.654. The van der Waals surface area contributed by atoms with Gasteiger partial charge in [-0.15, -0.1) is 0 Å². The normalized spacial score (nSPS) is 12.8. The van der Waals surface area contributed by atoms with Crippen LogP contribution < -0.4 is 11.5 Å². The van der Waals surface area contributed by atoms with E-state index in [1.807, 2.05) is 6.92 Å². The van der Waals surface area contributed by atoms with Crippen LogP contribution in [0.2, 0.25) is 5.02 Å². The van der Waals surface area contributed by atoms with Crippen molar-refractivity contribution in [3.63, 3.8) is 0 Å². The summed E-state index contributed by atoms with van der Waals surface area (Å²) in [6.45, 7) is 1.92. The third-order valence-corrected chi connectivity index (χ3v) is 2.75. The molecule has 1 rings (SSSR count). The molecule has 0 aromatic heterocycles. The number of carboxylic acid groups (broad SMARTS) is 2. The van der Waals surface area contributed by atoms with Crippen LogP contribution in [-0.2, 0) is 9.59 Å². The second kappa shape index (κ2) is 9.28. The first-order valence-corrected chi connectivity index (χ1v) is 6.47. The van der Waals surface area contributed by atoms with Gasteiger partial charge in [-0.05, 0) is 18.6 Å². The molecule has 8 heteroatoms. The van der Waals surface area contributed by atoms with Crippen LogP contribution in [0.25, 0.3) is 0 Å². The summed E-state index contributed by atoms with van der Waals surface area (Å²) in [5.41, 5.74) is 11.0. The third kappa shape index (κ3) is 7.60. The second-order valence-corrected chi connectivity index (χ2v) is 4.66. The number of rotatable bonds is 5. The zero-order valence-corrected chi connectivity index (χ0v) is 12.2. The predicted octanol–water partition coefficient (Wildman–Crippen LogP) is 1.76. The van der Waals surface area contributed by atoms with Crippen LogP contribution >= 0.6 is 11.6 Å². The molecular weight excluding hydrogens is 303 g/mol. The Balaban J connectivity index is 0.000000400. The van der Waals surface area contributed by atoms with Crippen LogP contribution in [0.4, 0.5) is 4.39 Å². The summed E-state index contributed by atoms with van der Waals surface area (Å²) in [6.07, 6.45) is 0.188. The fourth-order valence-corrected chi connectivity index (χ4v) is 1.46. The van der Waals surface area contributed by atoms with Crippen molar-refractivity contribution in [3.8, 4) is 0 Å². The van der Waals surface area contributed by atoms with Gasteiger partial charge in [-0.25, -0.2) is 4.39 Å². The average molecular weight is 321 g/mol. The Morgan fingerprint density at radius 1 is 1.33 bits per heavy atom. The summed E-state index contributed by atoms with van der Waals surface area (Å²) in [5, 5.41) is 16.4. The Bertz CT molecular complexity index is 499. The summed E-state index contributed by atoms with van der Waals surface area (Å²) in [7, 11) is 0. The maximum absolute atomic E-state index is 13.1. The molecule has 0 heterocycles. The lowest BCUT2D eigenvalue weighted by molar-refractivity contribution is -0.144. The van der Waals surface area contributed by atoms with Crippen LogP contribution in [0, 0.1) is 5.82 Å². The number of nitrogens with two attached hydrogens (primary N) is 2. The lowest BCUT2D eigenvalue weighted by atomic mass is 10.1. The van der Waals surface area contributed by atoms with E-state index < -0.39 is 24.4 Å². The van der Waals surface area contributed by atoms with Gasteiger partial charge in [0, 0.05) is 16.6 Å². The van der Waals surface area contributed by atoms with E-state index in [1.54, 1.807) is 12.1 Å². The minimum Gasteiger partial charge on any atom is -0.481 e. The first-order valence-electron chi connectivity index (χ1n) is 6.09. The zero-order chi connectivity index (χ0) is 16.6. The summed E-state index contributed by atoms with van der Waals surface area (Å²) < 4.78 is 13.1. The van der Waals surface area contributed by atoms with Gasteiger partial charge in [0.05, 0.1) is 6.42 Å². The maximum Gasteiger partial charge on any atom is 0.321 e. The number of carbonyl (C=O) groups is 2. The highest BCUT2D eigenvalue weighted by Gasteiger charge is 2.14. The van der Waals surface area contributed by atoms with E-state index in [1.165, 1.54) is 6.07 Å². The number of hydrogen-bond donors (Lipinski definition) is 4. The van der Waals surface area contributed by atoms with Gasteiger partial charge in [0.25, 0.3) is 0 Å². The van der Waals surface area contributed by atoms with Gasteiger partial charge >= 0.3 is 11.9 Å². The molecule has 0 saturated carbocycles. The van der Waals surface area contributed by atoms with Gasteiger partial charge in [-0.1, -0.05) is 24.6 Å². The topological polar surface area (TPSA) is 127 Å². The van der Waals surface area contributed by atoms with Crippen LogP contribution in [0.15, 0.2) is 18.2 Å². The average Bonchev–Trinajstić information content (AvgIpc) is 2.37. The second-order valence-electron chi connectivity index (χ2n) is 4.22. The van der Waals surface area contributed by atoms with E-state index in [-0.39, 0.29) is 11.9 Å². The Kier molecular flexibility index (Phi) is 8.52. The fraction of sp³-hybridized carbons (Fsp3) is 0.385. The van der Waals surface area contributed by atoms with E-state index in [0.29, 0.717) is 10.6 Å². The molecule has 21 heavy (non-hydrogen) atoms. The van der Waals surface area contributed by atoms with Crippen molar-refractivity contribution in [2.75, 3.05) is 0 Å². The first kappa shape index (κ1) is 19.3. The van der Waals surface area contributed by atoms with E-state index in [0.717, 1.165) is 6.42 Å². The predicted molar refractivity (Wildman–Crippen MR) is 76.5 cm³/mol. The molecule has 2 atom stereocenters. The molecule has 6 N–H and O–H groups in total. The maximum atomic E-state index is 13.1. The lowest BCUT2D eigenvalue weighted by Gasteiger charge is -2.09. The monoisotopic (exact) mass is 320 g/mol. The minimum absolute atomic E-state index is 0.234. The standard InChI is InChI=1S/C9H11ClFN.C4H7NO4/c1-2-9(12)7-4-3-6(10)5-8(7)11;5-2(4(8)9)1-3(6)7/h3-5,9H,2,12H2,1H3;2H,1,5H2,(H,6,7)(H,8,9)/t9-;/m1./s1. The van der Waals surface area contributed by atoms with Crippen LogP contribution in [0.1, 0.15) is 31.4 Å². The van der Waals surface area contributed by atoms with Gasteiger partial charge < -0.3 is 21.7 Å². The highest BCUT2D eigenvalue weighted by atomic mass is 35.5. The minimum atomic E-state index is -1.29. The fourth-order valence-electron chi connectivity index (χ4n) is 1.30. The van der Waals surface area contributed by atoms with Gasteiger partial charge in [0.1, 0.15) is 11.9 Å². The molecule has 0 bridgehead atoms. The Labute approximate surface area is 126 Å². The van der Waals surface area contributed by atoms with Crippen LogP contribution in [0.5, 0.6) is 0 Å². The molecule has 118 valence electrons. The Hall–Kier alpha value is -1.70. The molecule has 6 nitrogen and oxygen atoms in total. The van der Waals surface area contributed by atoms with Crippen LogP contribution in [-0.4, -0.2) is 28.2 Å². The molecule has 0 fully saturated rings. The van der Waals surface area contributed by atoms with E-state index in [4.69, 9.17) is 33.3 Å². The number of halogens is 2. The van der Waals surface area contributed by atoms with Crippen molar-refractivity contribution < 1.29 is 24.2 Å². The smallest absolute Gasteiger partial charge is 0.321 e. The summed E-state index contributed by atoms with van der Waals surface area (Å²) >= 11 is 5.58. The van der Waals surface area contributed by atoms with Gasteiger partial charge in [-0.3, -0.25) is 9.59 Å². The van der Waals surface area contributed by atoms with Crippen molar-refractivity contribution in [2.24, 2.45) is 11.5 Å². The lowest BCUT2D eigenvalue weighted by Crippen LogP contribution is -2.32. The molecule has 0 radical (unpaired) electrons. The van der Waals surface area contributed by atoms with Crippen molar-refractivity contribution >= 4 is 23.5 Å². The van der Waals surface area contributed by atoms with E-state index in [9.17, 15) is 14.0 Å². The summed E-state index contributed by atoms with van der Waals surface area (Å²) in [6, 6.07) is 3.04. The van der Waals surface area contributed by atoms with E-state index in [2.05, 4.69) is 0 Å². The molecule has 1 unspecified atom stereocenters. The van der Waals surface area contributed by atoms with Crippen molar-refractivity contribution in [1.29, 1.82) is 0 Å². The SMILES string of the molecule is CC[C@@H](N)c1ccc(Cl)cc1F.NC(CC(=O)O)C(=O)O. The first-order chi connectivity index (χ1) is 9.68. The number of aliphatic carboxylic acids is 2. The molecule has 0 aliphatic rings. The van der Waals surface area contributed by atoms with Crippen molar-refractivity contribution in [3.05, 3.63) is 34.6 Å². The highest BCUT2D eigenvalue weighted by molar-refractivity contribution is 6.30. The molecule has 0 spiro atoms. The number of benzene rings is 1. The molecule has 0 aliphatic heterocycles. The third-order valence-electron chi connectivity index (χ3n) is 2.51. The summed E-state index contributed by atoms with van der Waals surface area (Å²) in [5.74, 6) is -2.82. The molecule has 1 aromatic carbocycles. The molecule has 0 aliphatic carbocycles. The Morgan fingerprint density at radius 3 is 2.24 bits per heavy atom.